The minimum atomic E-state index is -0.819. The molecule has 2 rings (SSSR count). The molecule has 1 amide bonds. The van der Waals surface area contributed by atoms with Crippen molar-refractivity contribution in [3.63, 3.8) is 0 Å². The van der Waals surface area contributed by atoms with Gasteiger partial charge in [0.05, 0.1) is 19.1 Å². The summed E-state index contributed by atoms with van der Waals surface area (Å²) in [7, 11) is 0. The Balaban J connectivity index is 0.00000190. The molecule has 2 aliphatic heterocycles. The molecule has 0 aliphatic carbocycles. The van der Waals surface area contributed by atoms with E-state index in [1.807, 2.05) is 20.8 Å². The average molecular weight is 397 g/mol. The van der Waals surface area contributed by atoms with Crippen molar-refractivity contribution in [2.75, 3.05) is 45.9 Å². The molecule has 0 aromatic heterocycles. The predicted molar refractivity (Wildman–Crippen MR) is 112 cm³/mol. The van der Waals surface area contributed by atoms with E-state index in [9.17, 15) is 14.7 Å². The van der Waals surface area contributed by atoms with E-state index in [0.29, 0.717) is 18.5 Å². The Morgan fingerprint density at radius 3 is 2.32 bits per heavy atom. The van der Waals surface area contributed by atoms with E-state index < -0.39 is 11.9 Å². The predicted octanol–water partition coefficient (Wildman–Crippen LogP) is 3.13. The fraction of sp³-hybridized carbons (Fsp3) is 0.818. The van der Waals surface area contributed by atoms with Crippen LogP contribution in [0.4, 0.5) is 0 Å². The lowest BCUT2D eigenvalue weighted by Gasteiger charge is -2.41. The summed E-state index contributed by atoms with van der Waals surface area (Å²) in [6.07, 6.45) is 0.629. The summed E-state index contributed by atoms with van der Waals surface area (Å²) in [6, 6.07) is 0. The molecule has 0 aromatic carbocycles. The van der Waals surface area contributed by atoms with Crippen LogP contribution in [0.1, 0.15) is 48.0 Å². The van der Waals surface area contributed by atoms with E-state index in [2.05, 4.69) is 32.3 Å². The maximum Gasteiger partial charge on any atom is 0.308 e. The number of carboxylic acids is 1. The van der Waals surface area contributed by atoms with Gasteiger partial charge in [-0.1, -0.05) is 48.1 Å². The van der Waals surface area contributed by atoms with Crippen molar-refractivity contribution >= 4 is 11.9 Å². The van der Waals surface area contributed by atoms with Crippen LogP contribution in [0, 0.1) is 23.2 Å². The monoisotopic (exact) mass is 396 g/mol. The molecular weight excluding hydrogens is 356 g/mol. The van der Waals surface area contributed by atoms with Gasteiger partial charge in [0.15, 0.2) is 0 Å². The molecule has 2 saturated heterocycles. The minimum Gasteiger partial charge on any atom is -0.481 e. The van der Waals surface area contributed by atoms with Gasteiger partial charge in [0.25, 0.3) is 0 Å². The first-order valence-electron chi connectivity index (χ1n) is 10.6. The number of hydrogen-bond donors (Lipinski definition) is 1. The van der Waals surface area contributed by atoms with Crippen LogP contribution < -0.4 is 0 Å². The lowest BCUT2D eigenvalue weighted by molar-refractivity contribution is -0.146. The molecule has 6 nitrogen and oxygen atoms in total. The molecule has 3 atom stereocenters. The zero-order valence-electron chi connectivity index (χ0n) is 18.7. The van der Waals surface area contributed by atoms with Crippen molar-refractivity contribution in [3.8, 4) is 0 Å². The molecule has 0 spiro atoms. The Hall–Kier alpha value is -1.40. The van der Waals surface area contributed by atoms with Crippen LogP contribution in [0.25, 0.3) is 0 Å². The topological polar surface area (TPSA) is 70.1 Å². The van der Waals surface area contributed by atoms with Gasteiger partial charge in [-0.25, -0.2) is 0 Å². The second-order valence-electron chi connectivity index (χ2n) is 8.71. The highest BCUT2D eigenvalue weighted by Gasteiger charge is 2.37. The number of aliphatic carboxylic acids is 1. The highest BCUT2D eigenvalue weighted by atomic mass is 16.5. The first-order chi connectivity index (χ1) is 13.1. The second-order valence-corrected chi connectivity index (χ2v) is 8.71. The fourth-order valence-electron chi connectivity index (χ4n) is 4.03. The first kappa shape index (κ1) is 24.6. The molecule has 6 heteroatoms. The van der Waals surface area contributed by atoms with Crippen molar-refractivity contribution in [3.05, 3.63) is 12.2 Å². The molecule has 0 saturated carbocycles. The van der Waals surface area contributed by atoms with Crippen molar-refractivity contribution in [1.29, 1.82) is 0 Å². The van der Waals surface area contributed by atoms with Crippen LogP contribution in [0.3, 0.4) is 0 Å². The smallest absolute Gasteiger partial charge is 0.308 e. The van der Waals surface area contributed by atoms with Crippen LogP contribution in [0.15, 0.2) is 12.2 Å². The minimum absolute atomic E-state index is 0.0124. The number of morpholine rings is 1. The molecule has 162 valence electrons. The van der Waals surface area contributed by atoms with Crippen LogP contribution in [-0.2, 0) is 14.3 Å². The molecule has 2 heterocycles. The third-order valence-corrected chi connectivity index (χ3v) is 6.00. The summed E-state index contributed by atoms with van der Waals surface area (Å²) in [5.41, 5.74) is 0.485. The van der Waals surface area contributed by atoms with E-state index in [4.69, 9.17) is 4.74 Å². The first-order valence-corrected chi connectivity index (χ1v) is 10.6. The summed E-state index contributed by atoms with van der Waals surface area (Å²) < 4.78 is 5.41. The van der Waals surface area contributed by atoms with Crippen molar-refractivity contribution in [2.24, 2.45) is 23.2 Å². The maximum atomic E-state index is 13.0. The summed E-state index contributed by atoms with van der Waals surface area (Å²) in [4.78, 5) is 28.4. The van der Waals surface area contributed by atoms with Gasteiger partial charge in [-0.05, 0) is 23.7 Å². The lowest BCUT2D eigenvalue weighted by Crippen LogP contribution is -2.48. The standard InChI is InChI=1S/C20H34N2O4.C2H6/c1-14-10-17(19(24)25)12-22(11-14)18(23)15(2)16(3)20(4,5)13-21-6-8-26-9-7-21;1-2/h14,16-17H,2,6-13H2,1,3-5H3,(H,24,25);1-2H3. The summed E-state index contributed by atoms with van der Waals surface area (Å²) in [5, 5.41) is 9.34. The Kier molecular flexibility index (Phi) is 9.64. The maximum absolute atomic E-state index is 13.0. The molecule has 0 bridgehead atoms. The largest absolute Gasteiger partial charge is 0.481 e. The Morgan fingerprint density at radius 2 is 1.79 bits per heavy atom. The van der Waals surface area contributed by atoms with Gasteiger partial charge < -0.3 is 14.7 Å². The fourth-order valence-corrected chi connectivity index (χ4v) is 4.03. The molecule has 0 aromatic rings. The van der Waals surface area contributed by atoms with Crippen LogP contribution in [0.2, 0.25) is 0 Å². The molecule has 3 unspecified atom stereocenters. The van der Waals surface area contributed by atoms with E-state index in [0.717, 1.165) is 32.8 Å². The van der Waals surface area contributed by atoms with Gasteiger partial charge in [-0.2, -0.15) is 0 Å². The van der Waals surface area contributed by atoms with Gasteiger partial charge >= 0.3 is 5.97 Å². The van der Waals surface area contributed by atoms with Crippen LogP contribution >= 0.6 is 0 Å². The Labute approximate surface area is 170 Å². The van der Waals surface area contributed by atoms with Gasteiger partial charge in [-0.3, -0.25) is 14.5 Å². The van der Waals surface area contributed by atoms with Crippen LogP contribution in [0.5, 0.6) is 0 Å². The number of hydrogen-bond acceptors (Lipinski definition) is 4. The molecule has 28 heavy (non-hydrogen) atoms. The number of amides is 1. The third kappa shape index (κ3) is 6.59. The zero-order chi connectivity index (χ0) is 21.5. The average Bonchev–Trinajstić information content (AvgIpc) is 2.67. The van der Waals surface area contributed by atoms with E-state index >= 15 is 0 Å². The third-order valence-electron chi connectivity index (χ3n) is 6.00. The van der Waals surface area contributed by atoms with E-state index in [1.165, 1.54) is 0 Å². The van der Waals surface area contributed by atoms with E-state index in [1.54, 1.807) is 4.90 Å². The normalized spacial score (nSPS) is 24.7. The molecule has 1 N–H and O–H groups in total. The van der Waals surface area contributed by atoms with Gasteiger partial charge in [0.1, 0.15) is 0 Å². The van der Waals surface area contributed by atoms with Crippen molar-refractivity contribution in [2.45, 2.75) is 48.0 Å². The quantitative estimate of drug-likeness (QED) is 0.699. The highest BCUT2D eigenvalue weighted by Crippen LogP contribution is 2.34. The second kappa shape index (κ2) is 11.0. The molecule has 2 fully saturated rings. The Morgan fingerprint density at radius 1 is 1.21 bits per heavy atom. The number of piperidine rings is 1. The van der Waals surface area contributed by atoms with Gasteiger partial charge in [0, 0.05) is 38.3 Å². The molecular formula is C22H40N2O4. The zero-order valence-corrected chi connectivity index (χ0v) is 18.7. The Bertz CT molecular complexity index is 541. The number of nitrogens with zero attached hydrogens (tertiary/aromatic N) is 2. The van der Waals surface area contributed by atoms with Gasteiger partial charge in [-0.15, -0.1) is 0 Å². The van der Waals surface area contributed by atoms with Crippen molar-refractivity contribution in [1.82, 2.24) is 9.80 Å². The number of carboxylic acid groups (broad SMARTS) is 1. The number of rotatable bonds is 6. The summed E-state index contributed by atoms with van der Waals surface area (Å²) in [6.45, 7) is 21.6. The van der Waals surface area contributed by atoms with Gasteiger partial charge in [0.2, 0.25) is 5.91 Å². The summed E-state index contributed by atoms with van der Waals surface area (Å²) >= 11 is 0. The van der Waals surface area contributed by atoms with Crippen molar-refractivity contribution < 1.29 is 19.4 Å². The number of carbonyl (C=O) groups excluding carboxylic acids is 1. The summed E-state index contributed by atoms with van der Waals surface area (Å²) in [5.74, 6) is -1.19. The SMILES string of the molecule is C=C(C(=O)N1CC(C)CC(C(=O)O)C1)C(C)C(C)(C)CN1CCOCC1.CC. The number of carbonyl (C=O) groups is 2. The van der Waals surface area contributed by atoms with E-state index in [-0.39, 0.29) is 29.7 Å². The highest BCUT2D eigenvalue weighted by molar-refractivity contribution is 5.93. The van der Waals surface area contributed by atoms with Crippen LogP contribution in [-0.4, -0.2) is 72.7 Å². The lowest BCUT2D eigenvalue weighted by atomic mass is 9.75. The number of ether oxygens (including phenoxy) is 1. The molecule has 2 aliphatic rings. The number of likely N-dealkylation sites (tertiary alicyclic amines) is 1. The molecule has 0 radical (unpaired) electrons.